The second-order valence-corrected chi connectivity index (χ2v) is 7.43. The largest absolute Gasteiger partial charge is 0.346 e. The van der Waals surface area contributed by atoms with E-state index >= 15 is 0 Å². The van der Waals surface area contributed by atoms with Crippen molar-refractivity contribution in [3.8, 4) is 16.8 Å². The van der Waals surface area contributed by atoms with E-state index in [9.17, 15) is 4.79 Å². The molecular weight excluding hydrogens is 342 g/mol. The van der Waals surface area contributed by atoms with E-state index in [4.69, 9.17) is 0 Å². The molecule has 4 nitrogen and oxygen atoms in total. The Morgan fingerprint density at radius 2 is 1.81 bits per heavy atom. The first kappa shape index (κ1) is 16.8. The Morgan fingerprint density at radius 3 is 2.54 bits per heavy atom. The molecule has 0 aliphatic carbocycles. The Morgan fingerprint density at radius 1 is 1.04 bits per heavy atom. The molecule has 3 aromatic rings. The van der Waals surface area contributed by atoms with Gasteiger partial charge in [0.15, 0.2) is 4.80 Å². The van der Waals surface area contributed by atoms with Crippen LogP contribution < -0.4 is 4.80 Å². The maximum atomic E-state index is 12.3. The summed E-state index contributed by atoms with van der Waals surface area (Å²) in [4.78, 5) is 19.2. The van der Waals surface area contributed by atoms with Gasteiger partial charge in [-0.3, -0.25) is 4.57 Å². The molecule has 4 rings (SSSR count). The molecule has 0 unspecified atom stereocenters. The van der Waals surface area contributed by atoms with Crippen molar-refractivity contribution in [2.75, 3.05) is 13.1 Å². The zero-order valence-corrected chi connectivity index (χ0v) is 15.6. The van der Waals surface area contributed by atoms with E-state index in [2.05, 4.69) is 60.4 Å². The maximum absolute atomic E-state index is 12.3. The number of thiazole rings is 1. The third kappa shape index (κ3) is 3.48. The van der Waals surface area contributed by atoms with Crippen molar-refractivity contribution in [2.45, 2.75) is 19.8 Å². The standard InChI is InChI=1S/C21H21N3OS/c1-16-5-4-6-18(15-16)17-7-9-19(10-8-17)24-13-14-26-21(24)22-20(25)23-11-2-3-12-23/h4-10,13-15H,2-3,11-12H2,1H3. The summed E-state index contributed by atoms with van der Waals surface area (Å²) in [5.74, 6) is 0. The molecule has 2 heterocycles. The van der Waals surface area contributed by atoms with Crippen molar-refractivity contribution in [3.05, 3.63) is 70.5 Å². The number of benzene rings is 2. The van der Waals surface area contributed by atoms with Gasteiger partial charge in [0, 0.05) is 30.4 Å². The molecule has 2 aromatic carbocycles. The van der Waals surface area contributed by atoms with Crippen LogP contribution in [0, 0.1) is 6.92 Å². The first-order chi connectivity index (χ1) is 12.7. The number of carbonyl (C=O) groups excluding carboxylic acids is 1. The summed E-state index contributed by atoms with van der Waals surface area (Å²) < 4.78 is 1.97. The van der Waals surface area contributed by atoms with Crippen molar-refractivity contribution in [2.24, 2.45) is 4.99 Å². The van der Waals surface area contributed by atoms with Gasteiger partial charge < -0.3 is 4.90 Å². The molecule has 2 amide bonds. The molecule has 1 saturated heterocycles. The van der Waals surface area contributed by atoms with Gasteiger partial charge in [0.05, 0.1) is 0 Å². The lowest BCUT2D eigenvalue weighted by molar-refractivity contribution is 0.218. The number of likely N-dealkylation sites (tertiary alicyclic amines) is 1. The lowest BCUT2D eigenvalue weighted by atomic mass is 10.0. The summed E-state index contributed by atoms with van der Waals surface area (Å²) in [6, 6.07) is 16.7. The van der Waals surface area contributed by atoms with Crippen LogP contribution in [-0.4, -0.2) is 28.6 Å². The van der Waals surface area contributed by atoms with Gasteiger partial charge in [0.25, 0.3) is 0 Å². The van der Waals surface area contributed by atoms with Gasteiger partial charge in [0.1, 0.15) is 0 Å². The van der Waals surface area contributed by atoms with Gasteiger partial charge in [-0.2, -0.15) is 4.99 Å². The number of urea groups is 1. The van der Waals surface area contributed by atoms with E-state index in [1.54, 1.807) is 0 Å². The summed E-state index contributed by atoms with van der Waals surface area (Å²) in [6.07, 6.45) is 4.11. The molecule has 0 N–H and O–H groups in total. The molecule has 1 fully saturated rings. The number of hydrogen-bond donors (Lipinski definition) is 0. The molecule has 0 atom stereocenters. The van der Waals surface area contributed by atoms with Crippen LogP contribution in [0.25, 0.3) is 16.8 Å². The number of amides is 2. The highest BCUT2D eigenvalue weighted by molar-refractivity contribution is 7.07. The molecule has 0 saturated carbocycles. The van der Waals surface area contributed by atoms with E-state index in [1.807, 2.05) is 21.0 Å². The van der Waals surface area contributed by atoms with Crippen LogP contribution in [0.1, 0.15) is 18.4 Å². The molecule has 1 aliphatic rings. The smallest absolute Gasteiger partial charge is 0.323 e. The molecule has 5 heteroatoms. The normalized spacial score (nSPS) is 14.8. The molecule has 0 spiro atoms. The lowest BCUT2D eigenvalue weighted by Gasteiger charge is -2.11. The molecular formula is C21H21N3OS. The summed E-state index contributed by atoms with van der Waals surface area (Å²) >= 11 is 1.48. The van der Waals surface area contributed by atoms with Crippen molar-refractivity contribution in [1.82, 2.24) is 9.47 Å². The minimum atomic E-state index is -0.130. The van der Waals surface area contributed by atoms with Crippen LogP contribution in [0.15, 0.2) is 65.1 Å². The molecule has 1 aliphatic heterocycles. The van der Waals surface area contributed by atoms with Crippen LogP contribution >= 0.6 is 11.3 Å². The number of aromatic nitrogens is 1. The van der Waals surface area contributed by atoms with Gasteiger partial charge in [0.2, 0.25) is 0 Å². The second kappa shape index (κ2) is 7.30. The van der Waals surface area contributed by atoms with E-state index in [1.165, 1.54) is 28.0 Å². The lowest BCUT2D eigenvalue weighted by Crippen LogP contribution is -2.27. The van der Waals surface area contributed by atoms with Crippen LogP contribution in [0.5, 0.6) is 0 Å². The Bertz CT molecular complexity index is 979. The zero-order chi connectivity index (χ0) is 17.9. The van der Waals surface area contributed by atoms with Gasteiger partial charge in [-0.15, -0.1) is 11.3 Å². The zero-order valence-electron chi connectivity index (χ0n) is 14.8. The van der Waals surface area contributed by atoms with Crippen LogP contribution in [-0.2, 0) is 0 Å². The topological polar surface area (TPSA) is 37.6 Å². The number of rotatable bonds is 2. The summed E-state index contributed by atoms with van der Waals surface area (Å²) in [5, 5.41) is 1.96. The third-order valence-corrected chi connectivity index (χ3v) is 5.41. The fourth-order valence-corrected chi connectivity index (χ4v) is 3.96. The Kier molecular flexibility index (Phi) is 4.71. The molecule has 132 valence electrons. The van der Waals surface area contributed by atoms with Gasteiger partial charge >= 0.3 is 6.03 Å². The highest BCUT2D eigenvalue weighted by atomic mass is 32.1. The SMILES string of the molecule is Cc1cccc(-c2ccc(-n3ccsc3=NC(=O)N3CCCC3)cc2)c1. The number of aryl methyl sites for hydroxylation is 1. The molecule has 0 bridgehead atoms. The molecule has 0 radical (unpaired) electrons. The molecule has 26 heavy (non-hydrogen) atoms. The van der Waals surface area contributed by atoms with Crippen molar-refractivity contribution in [1.29, 1.82) is 0 Å². The summed E-state index contributed by atoms with van der Waals surface area (Å²) in [6.45, 7) is 3.74. The minimum absolute atomic E-state index is 0.130. The van der Waals surface area contributed by atoms with E-state index in [0.717, 1.165) is 31.6 Å². The number of hydrogen-bond acceptors (Lipinski definition) is 2. The van der Waals surface area contributed by atoms with E-state index in [0.29, 0.717) is 4.80 Å². The monoisotopic (exact) mass is 363 g/mol. The van der Waals surface area contributed by atoms with Crippen molar-refractivity contribution < 1.29 is 4.79 Å². The quantitative estimate of drug-likeness (QED) is 0.654. The third-order valence-electron chi connectivity index (χ3n) is 4.65. The van der Waals surface area contributed by atoms with Gasteiger partial charge in [-0.25, -0.2) is 4.79 Å². The Hall–Kier alpha value is -2.66. The van der Waals surface area contributed by atoms with E-state index < -0.39 is 0 Å². The van der Waals surface area contributed by atoms with E-state index in [-0.39, 0.29) is 6.03 Å². The predicted molar refractivity (Wildman–Crippen MR) is 106 cm³/mol. The fraction of sp³-hybridized carbons (Fsp3) is 0.238. The van der Waals surface area contributed by atoms with Crippen molar-refractivity contribution in [3.63, 3.8) is 0 Å². The van der Waals surface area contributed by atoms with Gasteiger partial charge in [-0.05, 0) is 43.0 Å². The first-order valence-electron chi connectivity index (χ1n) is 8.88. The predicted octanol–water partition coefficient (Wildman–Crippen LogP) is 4.63. The second-order valence-electron chi connectivity index (χ2n) is 6.56. The van der Waals surface area contributed by atoms with Gasteiger partial charge in [-0.1, -0.05) is 42.0 Å². The average Bonchev–Trinajstić information content (AvgIpc) is 3.34. The fourth-order valence-electron chi connectivity index (χ4n) is 3.25. The first-order valence-corrected chi connectivity index (χ1v) is 9.76. The highest BCUT2D eigenvalue weighted by Crippen LogP contribution is 2.21. The average molecular weight is 363 g/mol. The minimum Gasteiger partial charge on any atom is -0.323 e. The summed E-state index contributed by atoms with van der Waals surface area (Å²) in [5.41, 5.74) is 4.65. The van der Waals surface area contributed by atoms with Crippen LogP contribution in [0.2, 0.25) is 0 Å². The molecule has 1 aromatic heterocycles. The Labute approximate surface area is 157 Å². The Balaban J connectivity index is 1.63. The summed E-state index contributed by atoms with van der Waals surface area (Å²) in [7, 11) is 0. The number of nitrogens with zero attached hydrogens (tertiary/aromatic N) is 3. The maximum Gasteiger partial charge on any atom is 0.346 e. The highest BCUT2D eigenvalue weighted by Gasteiger charge is 2.17. The van der Waals surface area contributed by atoms with Crippen LogP contribution in [0.4, 0.5) is 4.79 Å². The number of carbonyl (C=O) groups is 1. The van der Waals surface area contributed by atoms with Crippen LogP contribution in [0.3, 0.4) is 0 Å². The van der Waals surface area contributed by atoms with Crippen molar-refractivity contribution >= 4 is 17.4 Å².